The molecule has 1 aromatic heterocycles. The summed E-state index contributed by atoms with van der Waals surface area (Å²) in [6, 6.07) is 16.9. The molecule has 0 saturated carbocycles. The van der Waals surface area contributed by atoms with Crippen molar-refractivity contribution in [1.29, 1.82) is 0 Å². The standard InChI is InChI=1S/C21H25N2.C8H6O3/c1-14-9-16(3)20(17(4)10-14)22-7-8-23(13-22)21-18(5)11-15(2)12-19(21)6;9-7(8(10)11)6-4-2-1-3-5-6/h7-13H,1-6H3;1-5H,(H,10,11)/q+1;. The van der Waals surface area contributed by atoms with Gasteiger partial charge in [0.15, 0.2) is 0 Å². The SMILES string of the molecule is Cc1cc(C)c(-n2cc[n+](-c3c(C)cc(C)cc3C)c2)c(C)c1.O=C(O)C(=O)c1ccccc1. The zero-order chi connectivity index (χ0) is 25.0. The molecule has 1 heterocycles. The van der Waals surface area contributed by atoms with E-state index in [1.54, 1.807) is 18.2 Å². The van der Waals surface area contributed by atoms with Crippen LogP contribution in [0.25, 0.3) is 11.4 Å². The zero-order valence-corrected chi connectivity index (χ0v) is 20.6. The second-order valence-corrected chi connectivity index (χ2v) is 8.72. The van der Waals surface area contributed by atoms with E-state index in [2.05, 4.69) is 93.7 Å². The Bertz CT molecular complexity index is 1230. The average Bonchev–Trinajstić information content (AvgIpc) is 3.21. The van der Waals surface area contributed by atoms with Crippen LogP contribution in [0.3, 0.4) is 0 Å². The smallest absolute Gasteiger partial charge is 0.377 e. The lowest BCUT2D eigenvalue weighted by Gasteiger charge is -2.08. The van der Waals surface area contributed by atoms with Crippen molar-refractivity contribution in [2.24, 2.45) is 0 Å². The van der Waals surface area contributed by atoms with Crippen LogP contribution in [0.2, 0.25) is 0 Å². The van der Waals surface area contributed by atoms with Crippen molar-refractivity contribution in [3.8, 4) is 11.4 Å². The molecule has 0 amide bonds. The van der Waals surface area contributed by atoms with Crippen LogP contribution in [0.5, 0.6) is 0 Å². The van der Waals surface area contributed by atoms with E-state index in [9.17, 15) is 9.59 Å². The molecule has 4 rings (SSSR count). The number of hydrogen-bond acceptors (Lipinski definition) is 2. The van der Waals surface area contributed by atoms with Gasteiger partial charge in [-0.1, -0.05) is 65.7 Å². The molecule has 0 fully saturated rings. The molecule has 0 unspecified atom stereocenters. The number of aryl methyl sites for hydroxylation is 6. The molecule has 174 valence electrons. The van der Waals surface area contributed by atoms with Gasteiger partial charge in [-0.05, 0) is 63.8 Å². The number of rotatable bonds is 4. The summed E-state index contributed by atoms with van der Waals surface area (Å²) in [4.78, 5) is 20.9. The summed E-state index contributed by atoms with van der Waals surface area (Å²) in [7, 11) is 0. The molecule has 0 bridgehead atoms. The monoisotopic (exact) mass is 455 g/mol. The van der Waals surface area contributed by atoms with E-state index in [0.717, 1.165) is 0 Å². The number of carboxylic acids is 1. The number of carbonyl (C=O) groups excluding carboxylic acids is 1. The summed E-state index contributed by atoms with van der Waals surface area (Å²) in [6.45, 7) is 13.0. The van der Waals surface area contributed by atoms with Gasteiger partial charge < -0.3 is 5.11 Å². The third-order valence-electron chi connectivity index (χ3n) is 5.65. The molecule has 34 heavy (non-hydrogen) atoms. The summed E-state index contributed by atoms with van der Waals surface area (Å²) in [6.07, 6.45) is 6.46. The summed E-state index contributed by atoms with van der Waals surface area (Å²) in [5, 5.41) is 8.29. The molecule has 5 nitrogen and oxygen atoms in total. The van der Waals surface area contributed by atoms with E-state index < -0.39 is 11.8 Å². The highest BCUT2D eigenvalue weighted by molar-refractivity contribution is 6.39. The van der Waals surface area contributed by atoms with Gasteiger partial charge in [0.05, 0.1) is 0 Å². The largest absolute Gasteiger partial charge is 0.475 e. The summed E-state index contributed by atoms with van der Waals surface area (Å²) < 4.78 is 4.45. The zero-order valence-electron chi connectivity index (χ0n) is 20.6. The first kappa shape index (κ1) is 24.6. The van der Waals surface area contributed by atoms with Crippen molar-refractivity contribution in [2.75, 3.05) is 0 Å². The first-order valence-electron chi connectivity index (χ1n) is 11.2. The molecule has 0 aliphatic carbocycles. The average molecular weight is 456 g/mol. The molecule has 3 aromatic carbocycles. The lowest BCUT2D eigenvalue weighted by Crippen LogP contribution is -2.30. The number of aliphatic carboxylic acids is 1. The second kappa shape index (κ2) is 10.3. The van der Waals surface area contributed by atoms with Crippen LogP contribution in [0.4, 0.5) is 0 Å². The number of nitrogens with zero attached hydrogens (tertiary/aromatic N) is 2. The van der Waals surface area contributed by atoms with Gasteiger partial charge in [-0.15, -0.1) is 0 Å². The van der Waals surface area contributed by atoms with Crippen LogP contribution in [-0.4, -0.2) is 21.4 Å². The van der Waals surface area contributed by atoms with Crippen LogP contribution in [0, 0.1) is 41.5 Å². The number of imidazole rings is 1. The highest BCUT2D eigenvalue weighted by atomic mass is 16.4. The van der Waals surface area contributed by atoms with E-state index in [-0.39, 0.29) is 5.56 Å². The first-order valence-corrected chi connectivity index (χ1v) is 11.2. The van der Waals surface area contributed by atoms with Crippen molar-refractivity contribution in [3.05, 3.63) is 112 Å². The molecule has 4 aromatic rings. The van der Waals surface area contributed by atoms with E-state index in [0.29, 0.717) is 0 Å². The summed E-state index contributed by atoms with van der Waals surface area (Å²) in [5.41, 5.74) is 10.6. The maximum Gasteiger partial charge on any atom is 0.377 e. The van der Waals surface area contributed by atoms with Gasteiger partial charge in [0.25, 0.3) is 12.1 Å². The fourth-order valence-corrected chi connectivity index (χ4v) is 4.49. The van der Waals surface area contributed by atoms with Gasteiger partial charge in [-0.25, -0.2) is 13.9 Å². The number of aromatic nitrogens is 2. The van der Waals surface area contributed by atoms with Gasteiger partial charge in [-0.2, -0.15) is 0 Å². The minimum atomic E-state index is -1.42. The molecule has 0 saturated heterocycles. The second-order valence-electron chi connectivity index (χ2n) is 8.72. The van der Waals surface area contributed by atoms with Crippen molar-refractivity contribution >= 4 is 11.8 Å². The first-order chi connectivity index (χ1) is 16.1. The topological polar surface area (TPSA) is 63.2 Å². The fraction of sp³-hybridized carbons (Fsp3) is 0.207. The summed E-state index contributed by atoms with van der Waals surface area (Å²) in [5.74, 6) is -2.29. The molecule has 0 spiro atoms. The molecule has 5 heteroatoms. The van der Waals surface area contributed by atoms with Gasteiger partial charge >= 0.3 is 5.97 Å². The number of carbonyl (C=O) groups is 2. The van der Waals surface area contributed by atoms with E-state index in [1.165, 1.54) is 56.9 Å². The maximum absolute atomic E-state index is 10.7. The molecule has 0 aliphatic rings. The fourth-order valence-electron chi connectivity index (χ4n) is 4.49. The Hall–Kier alpha value is -3.99. The van der Waals surface area contributed by atoms with Gasteiger partial charge in [0.2, 0.25) is 0 Å². The predicted octanol–water partition coefficient (Wildman–Crippen LogP) is 5.56. The number of hydrogen-bond donors (Lipinski definition) is 1. The van der Waals surface area contributed by atoms with Gasteiger partial charge in [-0.3, -0.25) is 4.79 Å². The van der Waals surface area contributed by atoms with E-state index in [1.807, 2.05) is 0 Å². The Labute approximate surface area is 200 Å². The van der Waals surface area contributed by atoms with Gasteiger partial charge in [0, 0.05) is 5.56 Å². The quantitative estimate of drug-likeness (QED) is 0.249. The maximum atomic E-state index is 10.7. The van der Waals surface area contributed by atoms with Crippen molar-refractivity contribution in [1.82, 2.24) is 4.57 Å². The Morgan fingerprint density at radius 1 is 0.765 bits per heavy atom. The normalized spacial score (nSPS) is 10.4. The van der Waals surface area contributed by atoms with Crippen LogP contribution >= 0.6 is 0 Å². The minimum Gasteiger partial charge on any atom is -0.475 e. The molecule has 0 aliphatic heterocycles. The van der Waals surface area contributed by atoms with Crippen molar-refractivity contribution < 1.29 is 19.3 Å². The van der Waals surface area contributed by atoms with E-state index >= 15 is 0 Å². The Morgan fingerprint density at radius 2 is 1.26 bits per heavy atom. The minimum absolute atomic E-state index is 0.208. The van der Waals surface area contributed by atoms with E-state index in [4.69, 9.17) is 5.11 Å². The Morgan fingerprint density at radius 3 is 1.76 bits per heavy atom. The van der Waals surface area contributed by atoms with Crippen LogP contribution < -0.4 is 4.57 Å². The Balaban J connectivity index is 0.000000248. The van der Waals surface area contributed by atoms with Crippen LogP contribution in [0.1, 0.15) is 43.7 Å². The molecular formula is C29H31N2O3+. The lowest BCUT2D eigenvalue weighted by molar-refractivity contribution is -0.595. The lowest BCUT2D eigenvalue weighted by atomic mass is 10.0. The van der Waals surface area contributed by atoms with Crippen molar-refractivity contribution in [2.45, 2.75) is 41.5 Å². The number of benzene rings is 3. The molecular weight excluding hydrogens is 424 g/mol. The molecule has 1 N–H and O–H groups in total. The number of carboxylic acid groups (broad SMARTS) is 1. The number of ketones is 1. The molecule has 0 radical (unpaired) electrons. The highest BCUT2D eigenvalue weighted by Crippen LogP contribution is 2.21. The third-order valence-corrected chi connectivity index (χ3v) is 5.65. The predicted molar refractivity (Wildman–Crippen MR) is 134 cm³/mol. The summed E-state index contributed by atoms with van der Waals surface area (Å²) >= 11 is 0. The van der Waals surface area contributed by atoms with Crippen molar-refractivity contribution in [3.63, 3.8) is 0 Å². The van der Waals surface area contributed by atoms with Crippen LogP contribution in [-0.2, 0) is 4.79 Å². The third kappa shape index (κ3) is 5.49. The van der Waals surface area contributed by atoms with Gasteiger partial charge in [0.1, 0.15) is 23.8 Å². The highest BCUT2D eigenvalue weighted by Gasteiger charge is 2.17. The number of Topliss-reactive ketones (excluding diaryl/α,β-unsaturated/α-hetero) is 1. The van der Waals surface area contributed by atoms with Crippen LogP contribution in [0.15, 0.2) is 73.3 Å². The molecule has 0 atom stereocenters. The Kier molecular flexibility index (Phi) is 7.47.